The van der Waals surface area contributed by atoms with Gasteiger partial charge < -0.3 is 20.1 Å². The molecule has 0 aromatic heterocycles. The molecule has 0 radical (unpaired) electrons. The molecule has 2 amide bonds. The van der Waals surface area contributed by atoms with Gasteiger partial charge in [0.1, 0.15) is 11.1 Å². The molecule has 4 aromatic carbocycles. The average molecular weight is 517 g/mol. The second-order valence-electron chi connectivity index (χ2n) is 7.96. The van der Waals surface area contributed by atoms with Crippen molar-refractivity contribution in [1.29, 1.82) is 0 Å². The average Bonchev–Trinajstić information content (AvgIpc) is 2.93. The van der Waals surface area contributed by atoms with Gasteiger partial charge in [0.05, 0.1) is 14.2 Å². The van der Waals surface area contributed by atoms with Crippen LogP contribution in [0.15, 0.2) is 102 Å². The second kappa shape index (κ2) is 12.1. The van der Waals surface area contributed by atoms with Gasteiger partial charge in [-0.3, -0.25) is 9.59 Å². The zero-order valence-electron chi connectivity index (χ0n) is 20.2. The monoisotopic (exact) mass is 516 g/mol. The molecule has 0 saturated carbocycles. The van der Waals surface area contributed by atoms with E-state index >= 15 is 0 Å². The highest BCUT2D eigenvalue weighted by Crippen LogP contribution is 2.37. The number of carbonyl (C=O) groups excluding carboxylic acids is 2. The van der Waals surface area contributed by atoms with Crippen molar-refractivity contribution in [1.82, 2.24) is 0 Å². The lowest BCUT2D eigenvalue weighted by Crippen LogP contribution is -2.19. The first-order valence-electron chi connectivity index (χ1n) is 11.4. The minimum atomic E-state index is -0.581. The summed E-state index contributed by atoms with van der Waals surface area (Å²) in [5.41, 5.74) is 2.31. The van der Waals surface area contributed by atoms with Crippen LogP contribution in [0.3, 0.4) is 0 Å². The van der Waals surface area contributed by atoms with Gasteiger partial charge in [0.25, 0.3) is 5.91 Å². The Bertz CT molecular complexity index is 1380. The molecule has 1 atom stereocenters. The van der Waals surface area contributed by atoms with Gasteiger partial charge in [0, 0.05) is 21.8 Å². The third-order valence-corrected chi connectivity index (χ3v) is 6.69. The number of amides is 2. The maximum Gasteiger partial charge on any atom is 0.255 e. The van der Waals surface area contributed by atoms with Gasteiger partial charge in [0.15, 0.2) is 11.5 Å². The molecule has 0 aliphatic rings. The molecule has 2 N–H and O–H groups in total. The van der Waals surface area contributed by atoms with Gasteiger partial charge in [-0.25, -0.2) is 4.39 Å². The van der Waals surface area contributed by atoms with E-state index in [4.69, 9.17) is 9.47 Å². The smallest absolute Gasteiger partial charge is 0.255 e. The minimum Gasteiger partial charge on any atom is -0.493 e. The molecule has 188 valence electrons. The highest BCUT2D eigenvalue weighted by Gasteiger charge is 2.22. The van der Waals surface area contributed by atoms with E-state index in [0.717, 1.165) is 10.5 Å². The van der Waals surface area contributed by atoms with Crippen LogP contribution in [0.4, 0.5) is 15.8 Å². The van der Waals surface area contributed by atoms with Crippen LogP contribution >= 0.6 is 11.8 Å². The maximum atomic E-state index is 13.3. The predicted molar refractivity (Wildman–Crippen MR) is 144 cm³/mol. The summed E-state index contributed by atoms with van der Waals surface area (Å²) >= 11 is 1.35. The van der Waals surface area contributed by atoms with Crippen LogP contribution in [0.1, 0.15) is 21.2 Å². The molecule has 4 aromatic rings. The van der Waals surface area contributed by atoms with Gasteiger partial charge in [-0.2, -0.15) is 0 Å². The molecule has 6 nitrogen and oxygen atoms in total. The van der Waals surface area contributed by atoms with Gasteiger partial charge in [-0.1, -0.05) is 36.4 Å². The summed E-state index contributed by atoms with van der Waals surface area (Å²) in [6.07, 6.45) is 0. The molecule has 0 heterocycles. The van der Waals surface area contributed by atoms with E-state index in [0.29, 0.717) is 28.4 Å². The Kier molecular flexibility index (Phi) is 8.43. The molecule has 0 spiro atoms. The summed E-state index contributed by atoms with van der Waals surface area (Å²) in [5.74, 6) is 0.0545. The fourth-order valence-electron chi connectivity index (χ4n) is 3.61. The zero-order chi connectivity index (χ0) is 26.2. The highest BCUT2D eigenvalue weighted by atomic mass is 32.2. The van der Waals surface area contributed by atoms with Crippen molar-refractivity contribution >= 4 is 35.0 Å². The first-order valence-corrected chi connectivity index (χ1v) is 12.3. The first kappa shape index (κ1) is 25.8. The van der Waals surface area contributed by atoms with Crippen LogP contribution in [-0.2, 0) is 4.79 Å². The predicted octanol–water partition coefficient (Wildman–Crippen LogP) is 6.57. The normalized spacial score (nSPS) is 11.3. The van der Waals surface area contributed by atoms with Crippen molar-refractivity contribution in [2.24, 2.45) is 0 Å². The maximum absolute atomic E-state index is 13.3. The van der Waals surface area contributed by atoms with E-state index < -0.39 is 5.25 Å². The largest absolute Gasteiger partial charge is 0.493 e. The number of halogens is 1. The molecule has 0 fully saturated rings. The summed E-state index contributed by atoms with van der Waals surface area (Å²) in [6, 6.07) is 27.2. The number of rotatable bonds is 9. The molecule has 0 aliphatic carbocycles. The van der Waals surface area contributed by atoms with Crippen molar-refractivity contribution in [2.75, 3.05) is 24.9 Å². The Morgan fingerprint density at radius 1 is 0.757 bits per heavy atom. The van der Waals surface area contributed by atoms with Crippen LogP contribution in [0, 0.1) is 5.82 Å². The Balaban J connectivity index is 1.53. The zero-order valence-corrected chi connectivity index (χ0v) is 21.1. The standard InChI is InChI=1S/C29H25FN2O4S/c1-35-25-16-11-20(17-26(25)36-2)28(33)32-23-9-6-10-24(18-23)37-27(19-7-4-3-5-8-19)29(34)31-22-14-12-21(30)13-15-22/h3-18,27H,1-2H3,(H,31,34)(H,32,33). The lowest BCUT2D eigenvalue weighted by Gasteiger charge is -2.18. The number of anilines is 2. The number of benzene rings is 4. The molecule has 8 heteroatoms. The Morgan fingerprint density at radius 3 is 2.19 bits per heavy atom. The van der Waals surface area contributed by atoms with E-state index in [1.54, 1.807) is 24.3 Å². The molecule has 0 saturated heterocycles. The third-order valence-electron chi connectivity index (χ3n) is 5.44. The Hall–Kier alpha value is -4.30. The third kappa shape index (κ3) is 6.68. The van der Waals surface area contributed by atoms with Crippen LogP contribution < -0.4 is 20.1 Å². The van der Waals surface area contributed by atoms with Crippen molar-refractivity contribution < 1.29 is 23.5 Å². The summed E-state index contributed by atoms with van der Waals surface area (Å²) in [6.45, 7) is 0. The van der Waals surface area contributed by atoms with Gasteiger partial charge >= 0.3 is 0 Å². The van der Waals surface area contributed by atoms with Crippen molar-refractivity contribution in [3.63, 3.8) is 0 Å². The quantitative estimate of drug-likeness (QED) is 0.246. The lowest BCUT2D eigenvalue weighted by molar-refractivity contribution is -0.115. The van der Waals surface area contributed by atoms with Crippen LogP contribution in [-0.4, -0.2) is 26.0 Å². The summed E-state index contributed by atoms with van der Waals surface area (Å²) < 4.78 is 23.8. The molecule has 0 bridgehead atoms. The van der Waals surface area contributed by atoms with Crippen molar-refractivity contribution in [2.45, 2.75) is 10.1 Å². The fourth-order valence-corrected chi connectivity index (χ4v) is 4.69. The highest BCUT2D eigenvalue weighted by molar-refractivity contribution is 8.00. The Labute approximate surface area is 218 Å². The van der Waals surface area contributed by atoms with Gasteiger partial charge in [-0.05, 0) is 66.2 Å². The molecular formula is C29H25FN2O4S. The van der Waals surface area contributed by atoms with E-state index in [2.05, 4.69) is 10.6 Å². The number of thioether (sulfide) groups is 1. The van der Waals surface area contributed by atoms with Crippen LogP contribution in [0.25, 0.3) is 0 Å². The summed E-state index contributed by atoms with van der Waals surface area (Å²) in [7, 11) is 3.04. The second-order valence-corrected chi connectivity index (χ2v) is 9.13. The Morgan fingerprint density at radius 2 is 1.49 bits per heavy atom. The molecule has 4 rings (SSSR count). The molecule has 37 heavy (non-hydrogen) atoms. The van der Waals surface area contributed by atoms with E-state index in [1.165, 1.54) is 50.2 Å². The van der Waals surface area contributed by atoms with E-state index in [9.17, 15) is 14.0 Å². The topological polar surface area (TPSA) is 76.7 Å². The molecule has 0 aliphatic heterocycles. The van der Waals surface area contributed by atoms with Crippen LogP contribution in [0.2, 0.25) is 0 Å². The van der Waals surface area contributed by atoms with Crippen molar-refractivity contribution in [3.8, 4) is 11.5 Å². The number of hydrogen-bond donors (Lipinski definition) is 2. The molecule has 1 unspecified atom stereocenters. The fraction of sp³-hybridized carbons (Fsp3) is 0.103. The van der Waals surface area contributed by atoms with Gasteiger partial charge in [-0.15, -0.1) is 11.8 Å². The summed E-state index contributed by atoms with van der Waals surface area (Å²) in [5, 5.41) is 5.17. The van der Waals surface area contributed by atoms with Gasteiger partial charge in [0.2, 0.25) is 5.91 Å². The van der Waals surface area contributed by atoms with E-state index in [1.807, 2.05) is 48.5 Å². The minimum absolute atomic E-state index is 0.248. The SMILES string of the molecule is COc1ccc(C(=O)Nc2cccc(SC(C(=O)Nc3ccc(F)cc3)c3ccccc3)c2)cc1OC. The number of carbonyl (C=O) groups is 2. The summed E-state index contributed by atoms with van der Waals surface area (Å²) in [4.78, 5) is 26.9. The molecular weight excluding hydrogens is 491 g/mol. The van der Waals surface area contributed by atoms with E-state index in [-0.39, 0.29) is 17.6 Å². The number of methoxy groups -OCH3 is 2. The first-order chi connectivity index (χ1) is 18.0. The van der Waals surface area contributed by atoms with Crippen LogP contribution in [0.5, 0.6) is 11.5 Å². The number of hydrogen-bond acceptors (Lipinski definition) is 5. The number of nitrogens with one attached hydrogen (secondary N) is 2. The van der Waals surface area contributed by atoms with Crippen molar-refractivity contribution in [3.05, 3.63) is 114 Å². The lowest BCUT2D eigenvalue weighted by atomic mass is 10.1. The number of ether oxygens (including phenoxy) is 2.